The van der Waals surface area contributed by atoms with Gasteiger partial charge in [0.2, 0.25) is 0 Å². The third-order valence-corrected chi connectivity index (χ3v) is 4.12. The summed E-state index contributed by atoms with van der Waals surface area (Å²) in [6.07, 6.45) is 4.03. The van der Waals surface area contributed by atoms with E-state index in [1.54, 1.807) is 6.20 Å². The van der Waals surface area contributed by atoms with E-state index in [9.17, 15) is 5.26 Å². The second kappa shape index (κ2) is 6.14. The number of rotatable bonds is 3. The Bertz CT molecular complexity index is 699. The summed E-state index contributed by atoms with van der Waals surface area (Å²) in [5.41, 5.74) is 0.649. The molecule has 2 aromatic heterocycles. The molecule has 1 fully saturated rings. The van der Waals surface area contributed by atoms with Gasteiger partial charge in [-0.3, -0.25) is 0 Å². The lowest BCUT2D eigenvalue weighted by atomic mass is 9.97. The van der Waals surface area contributed by atoms with Crippen molar-refractivity contribution in [2.24, 2.45) is 5.92 Å². The molecule has 0 spiro atoms. The molecule has 0 bridgehead atoms. The van der Waals surface area contributed by atoms with Crippen LogP contribution in [0, 0.1) is 31.1 Å². The lowest BCUT2D eigenvalue weighted by Gasteiger charge is -2.34. The Morgan fingerprint density at radius 2 is 2.27 bits per heavy atom. The Labute approximate surface area is 130 Å². The smallest absolute Gasteiger partial charge is 0.147 e. The summed E-state index contributed by atoms with van der Waals surface area (Å²) >= 11 is 0. The quantitative estimate of drug-likeness (QED) is 0.867. The molecular formula is C16H20N6. The molecule has 6 nitrogen and oxygen atoms in total. The van der Waals surface area contributed by atoms with Gasteiger partial charge in [-0.25, -0.2) is 14.6 Å². The van der Waals surface area contributed by atoms with Crippen LogP contribution < -0.4 is 4.90 Å². The molecule has 22 heavy (non-hydrogen) atoms. The Hall–Kier alpha value is -2.42. The number of aryl methyl sites for hydroxylation is 2. The number of hydrogen-bond donors (Lipinski definition) is 0. The fourth-order valence-electron chi connectivity index (χ4n) is 3.12. The summed E-state index contributed by atoms with van der Waals surface area (Å²) in [6.45, 7) is 6.65. The number of piperidine rings is 1. The van der Waals surface area contributed by atoms with Crippen LogP contribution in [0.3, 0.4) is 0 Å². The largest absolute Gasteiger partial charge is 0.355 e. The van der Waals surface area contributed by atoms with Crippen LogP contribution in [0.25, 0.3) is 0 Å². The third-order valence-electron chi connectivity index (χ3n) is 4.12. The van der Waals surface area contributed by atoms with Gasteiger partial charge in [-0.2, -0.15) is 10.4 Å². The molecule has 0 saturated carbocycles. The van der Waals surface area contributed by atoms with E-state index in [1.807, 2.05) is 30.7 Å². The molecule has 0 unspecified atom stereocenters. The molecule has 0 N–H and O–H groups in total. The van der Waals surface area contributed by atoms with Crippen LogP contribution in [0.4, 0.5) is 5.82 Å². The zero-order valence-electron chi connectivity index (χ0n) is 13.0. The van der Waals surface area contributed by atoms with E-state index in [0.717, 1.165) is 43.5 Å². The molecular weight excluding hydrogens is 276 g/mol. The molecule has 0 radical (unpaired) electrons. The fourth-order valence-corrected chi connectivity index (χ4v) is 3.12. The van der Waals surface area contributed by atoms with Crippen molar-refractivity contribution in [3.8, 4) is 6.07 Å². The van der Waals surface area contributed by atoms with Crippen LogP contribution in [0.1, 0.15) is 30.1 Å². The van der Waals surface area contributed by atoms with Gasteiger partial charge in [-0.1, -0.05) is 0 Å². The molecule has 6 heteroatoms. The molecule has 2 aromatic rings. The minimum absolute atomic E-state index is 0.502. The minimum Gasteiger partial charge on any atom is -0.355 e. The Morgan fingerprint density at radius 3 is 3.00 bits per heavy atom. The number of nitriles is 1. The first kappa shape index (κ1) is 14.5. The van der Waals surface area contributed by atoms with Crippen molar-refractivity contribution in [3.63, 3.8) is 0 Å². The highest BCUT2D eigenvalue weighted by atomic mass is 15.3. The van der Waals surface area contributed by atoms with Crippen LogP contribution >= 0.6 is 0 Å². The summed E-state index contributed by atoms with van der Waals surface area (Å²) < 4.78 is 1.99. The molecule has 0 amide bonds. The van der Waals surface area contributed by atoms with Gasteiger partial charge < -0.3 is 4.90 Å². The summed E-state index contributed by atoms with van der Waals surface area (Å²) in [6, 6.07) is 5.88. The Kier molecular flexibility index (Phi) is 4.05. The summed E-state index contributed by atoms with van der Waals surface area (Å²) in [7, 11) is 0. The lowest BCUT2D eigenvalue weighted by molar-refractivity contribution is 0.346. The van der Waals surface area contributed by atoms with Gasteiger partial charge in [0.25, 0.3) is 0 Å². The van der Waals surface area contributed by atoms with Crippen molar-refractivity contribution >= 4 is 5.82 Å². The highest BCUT2D eigenvalue weighted by molar-refractivity contribution is 5.53. The first-order valence-electron chi connectivity index (χ1n) is 7.65. The standard InChI is InChI=1S/C16H20N6/c1-12-19-13(2)22(20-12)11-14-5-4-8-21(10-14)16-15(9-17)6-3-7-18-16/h3,6-7,14H,4-5,8,10-11H2,1-2H3/t14-/m0/s1. The molecule has 0 aliphatic carbocycles. The van der Waals surface area contributed by atoms with Crippen LogP contribution in [-0.4, -0.2) is 32.8 Å². The maximum atomic E-state index is 9.25. The molecule has 3 heterocycles. The fraction of sp³-hybridized carbons (Fsp3) is 0.500. The molecule has 1 aliphatic heterocycles. The van der Waals surface area contributed by atoms with Gasteiger partial charge in [-0.15, -0.1) is 0 Å². The second-order valence-corrected chi connectivity index (χ2v) is 5.83. The topological polar surface area (TPSA) is 70.6 Å². The predicted octanol–water partition coefficient (Wildman–Crippen LogP) is 2.08. The molecule has 0 aromatic carbocycles. The SMILES string of the molecule is Cc1nc(C)n(C[C@H]2CCCN(c3ncccc3C#N)C2)n1. The van der Waals surface area contributed by atoms with Crippen molar-refractivity contribution in [2.75, 3.05) is 18.0 Å². The van der Waals surface area contributed by atoms with E-state index in [4.69, 9.17) is 0 Å². The third kappa shape index (κ3) is 2.93. The van der Waals surface area contributed by atoms with Crippen LogP contribution in [0.15, 0.2) is 18.3 Å². The van der Waals surface area contributed by atoms with Crippen molar-refractivity contribution < 1.29 is 0 Å². The highest BCUT2D eigenvalue weighted by Gasteiger charge is 2.23. The summed E-state index contributed by atoms with van der Waals surface area (Å²) in [4.78, 5) is 11.0. The first-order valence-corrected chi connectivity index (χ1v) is 7.65. The van der Waals surface area contributed by atoms with Gasteiger partial charge in [0.05, 0.1) is 5.56 Å². The van der Waals surface area contributed by atoms with Crippen molar-refractivity contribution in [2.45, 2.75) is 33.2 Å². The molecule has 1 saturated heterocycles. The number of pyridine rings is 1. The van der Waals surface area contributed by atoms with E-state index in [2.05, 4.69) is 26.0 Å². The average molecular weight is 296 g/mol. The van der Waals surface area contributed by atoms with Gasteiger partial charge in [0, 0.05) is 25.8 Å². The minimum atomic E-state index is 0.502. The Balaban J connectivity index is 1.74. The normalized spacial score (nSPS) is 18.2. The van der Waals surface area contributed by atoms with E-state index in [-0.39, 0.29) is 0 Å². The van der Waals surface area contributed by atoms with E-state index in [1.165, 1.54) is 6.42 Å². The maximum Gasteiger partial charge on any atom is 0.147 e. The zero-order chi connectivity index (χ0) is 15.5. The maximum absolute atomic E-state index is 9.25. The monoisotopic (exact) mass is 296 g/mol. The predicted molar refractivity (Wildman–Crippen MR) is 83.4 cm³/mol. The number of aromatic nitrogens is 4. The number of nitrogens with zero attached hydrogens (tertiary/aromatic N) is 6. The molecule has 3 rings (SSSR count). The summed E-state index contributed by atoms with van der Waals surface area (Å²) in [5.74, 6) is 3.09. The number of anilines is 1. The van der Waals surface area contributed by atoms with E-state index < -0.39 is 0 Å². The lowest BCUT2D eigenvalue weighted by Crippen LogP contribution is -2.38. The van der Waals surface area contributed by atoms with Gasteiger partial charge in [-0.05, 0) is 44.7 Å². The van der Waals surface area contributed by atoms with Crippen molar-refractivity contribution in [3.05, 3.63) is 35.5 Å². The summed E-state index contributed by atoms with van der Waals surface area (Å²) in [5, 5.41) is 13.7. The second-order valence-electron chi connectivity index (χ2n) is 5.83. The zero-order valence-corrected chi connectivity index (χ0v) is 13.0. The van der Waals surface area contributed by atoms with Gasteiger partial charge >= 0.3 is 0 Å². The highest BCUT2D eigenvalue weighted by Crippen LogP contribution is 2.25. The molecule has 1 atom stereocenters. The average Bonchev–Trinajstić information content (AvgIpc) is 2.85. The van der Waals surface area contributed by atoms with Crippen LogP contribution in [-0.2, 0) is 6.54 Å². The van der Waals surface area contributed by atoms with E-state index >= 15 is 0 Å². The van der Waals surface area contributed by atoms with Gasteiger partial charge in [0.1, 0.15) is 23.5 Å². The van der Waals surface area contributed by atoms with Crippen LogP contribution in [0.2, 0.25) is 0 Å². The molecule has 114 valence electrons. The first-order chi connectivity index (χ1) is 10.7. The van der Waals surface area contributed by atoms with Crippen molar-refractivity contribution in [1.29, 1.82) is 5.26 Å². The van der Waals surface area contributed by atoms with E-state index in [0.29, 0.717) is 11.5 Å². The van der Waals surface area contributed by atoms with Crippen LogP contribution in [0.5, 0.6) is 0 Å². The Morgan fingerprint density at radius 1 is 1.41 bits per heavy atom. The molecule has 1 aliphatic rings. The van der Waals surface area contributed by atoms with Crippen molar-refractivity contribution in [1.82, 2.24) is 19.7 Å². The number of hydrogen-bond acceptors (Lipinski definition) is 5. The van der Waals surface area contributed by atoms with Gasteiger partial charge in [0.15, 0.2) is 0 Å².